The molecule has 2 nitrogen and oxygen atoms in total. The molecule has 1 N–H and O–H groups in total. The second-order valence-electron chi connectivity index (χ2n) is 5.78. The summed E-state index contributed by atoms with van der Waals surface area (Å²) in [6, 6.07) is 14.4. The van der Waals surface area contributed by atoms with Gasteiger partial charge in [0.1, 0.15) is 8.07 Å². The van der Waals surface area contributed by atoms with Gasteiger partial charge in [-0.2, -0.15) is 0 Å². The maximum Gasteiger partial charge on any atom is 0.172 e. The molecule has 2 aromatic rings. The van der Waals surface area contributed by atoms with Gasteiger partial charge in [-0.15, -0.1) is 0 Å². The predicted molar refractivity (Wildman–Crippen MR) is 98.8 cm³/mol. The van der Waals surface area contributed by atoms with Crippen molar-refractivity contribution in [1.29, 1.82) is 0 Å². The van der Waals surface area contributed by atoms with Gasteiger partial charge in [0, 0.05) is 0 Å². The van der Waals surface area contributed by atoms with Crippen molar-refractivity contribution in [2.75, 3.05) is 7.11 Å². The first-order valence-electron chi connectivity index (χ1n) is 7.23. The summed E-state index contributed by atoms with van der Waals surface area (Å²) in [5, 5.41) is 11.4. The van der Waals surface area contributed by atoms with Crippen LogP contribution in [0.4, 0.5) is 0 Å². The van der Waals surface area contributed by atoms with Crippen LogP contribution in [-0.2, 0) is 6.42 Å². The molecule has 0 spiro atoms. The van der Waals surface area contributed by atoms with Crippen molar-refractivity contribution in [3.63, 3.8) is 0 Å². The van der Waals surface area contributed by atoms with E-state index in [-0.39, 0.29) is 5.75 Å². The van der Waals surface area contributed by atoms with E-state index in [0.29, 0.717) is 10.2 Å². The summed E-state index contributed by atoms with van der Waals surface area (Å²) in [6.45, 7) is 4.67. The van der Waals surface area contributed by atoms with Crippen molar-refractivity contribution in [3.8, 4) is 11.5 Å². The number of ether oxygens (including phenoxy) is 1. The molecule has 2 rings (SSSR count). The second-order valence-corrected chi connectivity index (χ2v) is 10.9. The van der Waals surface area contributed by atoms with E-state index < -0.39 is 8.07 Å². The van der Waals surface area contributed by atoms with E-state index in [9.17, 15) is 5.11 Å². The SMILES string of the molecule is COc1ccc(C/C=C/[Si](C)(C)c2ccccc2)c(Br)c1O. The van der Waals surface area contributed by atoms with Crippen molar-refractivity contribution >= 4 is 29.2 Å². The molecule has 0 fully saturated rings. The Hall–Kier alpha value is -1.52. The number of rotatable bonds is 5. The van der Waals surface area contributed by atoms with Crippen LogP contribution in [0.25, 0.3) is 0 Å². The van der Waals surface area contributed by atoms with Gasteiger partial charge in [-0.05, 0) is 34.0 Å². The molecular formula is C18H21BrO2Si. The van der Waals surface area contributed by atoms with E-state index in [1.54, 1.807) is 13.2 Å². The molecule has 0 radical (unpaired) electrons. The van der Waals surface area contributed by atoms with Crippen molar-refractivity contribution < 1.29 is 9.84 Å². The Morgan fingerprint density at radius 1 is 1.14 bits per heavy atom. The van der Waals surface area contributed by atoms with Crippen LogP contribution in [0.2, 0.25) is 13.1 Å². The van der Waals surface area contributed by atoms with Crippen LogP contribution in [0, 0.1) is 0 Å². The smallest absolute Gasteiger partial charge is 0.172 e. The molecule has 0 bridgehead atoms. The van der Waals surface area contributed by atoms with Crippen molar-refractivity contribution in [2.24, 2.45) is 0 Å². The largest absolute Gasteiger partial charge is 0.503 e. The average Bonchev–Trinajstić information content (AvgIpc) is 2.52. The highest BCUT2D eigenvalue weighted by atomic mass is 79.9. The lowest BCUT2D eigenvalue weighted by molar-refractivity contribution is 0.371. The Kier molecular flexibility index (Phi) is 5.48. The minimum Gasteiger partial charge on any atom is -0.503 e. The number of phenols is 1. The van der Waals surface area contributed by atoms with Gasteiger partial charge in [0.25, 0.3) is 0 Å². The molecule has 0 saturated carbocycles. The maximum absolute atomic E-state index is 10.0. The minimum absolute atomic E-state index is 0.160. The number of benzene rings is 2. The third-order valence-corrected chi connectivity index (χ3v) is 7.54. The zero-order valence-electron chi connectivity index (χ0n) is 13.1. The molecule has 22 heavy (non-hydrogen) atoms. The fourth-order valence-electron chi connectivity index (χ4n) is 2.36. The van der Waals surface area contributed by atoms with Gasteiger partial charge in [0.2, 0.25) is 0 Å². The average molecular weight is 377 g/mol. The van der Waals surface area contributed by atoms with Gasteiger partial charge in [0.05, 0.1) is 11.6 Å². The molecular weight excluding hydrogens is 356 g/mol. The van der Waals surface area contributed by atoms with Crippen LogP contribution in [-0.4, -0.2) is 20.3 Å². The topological polar surface area (TPSA) is 29.5 Å². The molecule has 0 saturated heterocycles. The Morgan fingerprint density at radius 2 is 1.82 bits per heavy atom. The normalized spacial score (nSPS) is 11.8. The van der Waals surface area contributed by atoms with E-state index in [0.717, 1.165) is 12.0 Å². The highest BCUT2D eigenvalue weighted by molar-refractivity contribution is 9.10. The van der Waals surface area contributed by atoms with Crippen LogP contribution in [0.3, 0.4) is 0 Å². The summed E-state index contributed by atoms with van der Waals surface area (Å²) in [5.74, 6) is 0.645. The number of methoxy groups -OCH3 is 1. The monoisotopic (exact) mass is 376 g/mol. The summed E-state index contributed by atoms with van der Waals surface area (Å²) in [4.78, 5) is 0. The quantitative estimate of drug-likeness (QED) is 0.782. The zero-order valence-corrected chi connectivity index (χ0v) is 15.7. The zero-order chi connectivity index (χ0) is 16.2. The molecule has 0 aliphatic heterocycles. The van der Waals surface area contributed by atoms with E-state index in [4.69, 9.17) is 4.74 Å². The van der Waals surface area contributed by atoms with Crippen LogP contribution in [0.5, 0.6) is 11.5 Å². The van der Waals surface area contributed by atoms with Gasteiger partial charge in [-0.3, -0.25) is 0 Å². The van der Waals surface area contributed by atoms with Gasteiger partial charge in [-0.25, -0.2) is 0 Å². The molecule has 0 amide bonds. The standard InChI is InChI=1S/C18H21BrO2Si/c1-21-16-12-11-14(17(19)18(16)20)8-7-13-22(2,3)15-9-5-4-6-10-15/h4-7,9-13,20H,8H2,1-3H3/b13-7+. The van der Waals surface area contributed by atoms with Gasteiger partial charge >= 0.3 is 0 Å². The fourth-order valence-corrected chi connectivity index (χ4v) is 4.80. The number of phenolic OH excluding ortho intramolecular Hbond substituents is 1. The van der Waals surface area contributed by atoms with Crippen LogP contribution in [0.1, 0.15) is 5.56 Å². The molecule has 0 aliphatic carbocycles. The molecule has 2 aromatic carbocycles. The first kappa shape index (κ1) is 16.8. The number of hydrogen-bond donors (Lipinski definition) is 1. The van der Waals surface area contributed by atoms with Crippen LogP contribution < -0.4 is 9.92 Å². The van der Waals surface area contributed by atoms with E-state index in [1.807, 2.05) is 6.07 Å². The van der Waals surface area contributed by atoms with E-state index in [2.05, 4.69) is 71.1 Å². The highest BCUT2D eigenvalue weighted by Gasteiger charge is 2.19. The molecule has 0 atom stereocenters. The van der Waals surface area contributed by atoms with Crippen LogP contribution in [0.15, 0.2) is 58.7 Å². The summed E-state index contributed by atoms with van der Waals surface area (Å²) >= 11 is 3.44. The molecule has 116 valence electrons. The van der Waals surface area contributed by atoms with Gasteiger partial charge in [-0.1, -0.05) is 66.5 Å². The first-order chi connectivity index (χ1) is 10.5. The third-order valence-electron chi connectivity index (χ3n) is 3.77. The van der Waals surface area contributed by atoms with Crippen molar-refractivity contribution in [2.45, 2.75) is 19.5 Å². The molecule has 0 aliphatic rings. The number of hydrogen-bond acceptors (Lipinski definition) is 2. The lowest BCUT2D eigenvalue weighted by atomic mass is 10.1. The summed E-state index contributed by atoms with van der Waals surface area (Å²) in [7, 11) is -0.0145. The van der Waals surface area contributed by atoms with E-state index >= 15 is 0 Å². The Morgan fingerprint density at radius 3 is 2.45 bits per heavy atom. The number of aromatic hydroxyl groups is 1. The Labute approximate surface area is 141 Å². The summed E-state index contributed by atoms with van der Waals surface area (Å²) in [5.41, 5.74) is 3.39. The number of allylic oxidation sites excluding steroid dienone is 1. The lowest BCUT2D eigenvalue weighted by Crippen LogP contribution is -2.39. The molecule has 0 aromatic heterocycles. The summed E-state index contributed by atoms with van der Waals surface area (Å²) in [6.07, 6.45) is 2.98. The lowest BCUT2D eigenvalue weighted by Gasteiger charge is -2.18. The van der Waals surface area contributed by atoms with Crippen molar-refractivity contribution in [1.82, 2.24) is 0 Å². The predicted octanol–water partition coefficient (Wildman–Crippen LogP) is 4.42. The Bertz CT molecular complexity index is 666. The maximum atomic E-state index is 10.0. The molecule has 0 heterocycles. The number of halogens is 1. The molecule has 4 heteroatoms. The van der Waals surface area contributed by atoms with Gasteiger partial charge < -0.3 is 9.84 Å². The van der Waals surface area contributed by atoms with Crippen LogP contribution >= 0.6 is 15.9 Å². The van der Waals surface area contributed by atoms with E-state index in [1.165, 1.54) is 5.19 Å². The Balaban J connectivity index is 2.15. The summed E-state index contributed by atoms with van der Waals surface area (Å²) < 4.78 is 5.81. The second kappa shape index (κ2) is 7.16. The first-order valence-corrected chi connectivity index (χ1v) is 11.1. The van der Waals surface area contributed by atoms with Gasteiger partial charge in [0.15, 0.2) is 11.5 Å². The fraction of sp³-hybridized carbons (Fsp3) is 0.222. The third kappa shape index (κ3) is 3.81. The van der Waals surface area contributed by atoms with Crippen molar-refractivity contribution in [3.05, 3.63) is 64.3 Å². The molecule has 0 unspecified atom stereocenters. The minimum atomic E-state index is -1.57. The highest BCUT2D eigenvalue weighted by Crippen LogP contribution is 2.36.